The zero-order chi connectivity index (χ0) is 14.8. The highest BCUT2D eigenvalue weighted by atomic mass is 32.1. The van der Waals surface area contributed by atoms with E-state index in [0.29, 0.717) is 18.5 Å². The van der Waals surface area contributed by atoms with Crippen molar-refractivity contribution in [2.24, 2.45) is 5.73 Å². The Labute approximate surface area is 131 Å². The van der Waals surface area contributed by atoms with E-state index in [9.17, 15) is 0 Å². The molecule has 112 valence electrons. The largest absolute Gasteiger partial charge is 0.330 e. The molecule has 0 saturated heterocycles. The first-order valence-corrected chi connectivity index (χ1v) is 8.66. The summed E-state index contributed by atoms with van der Waals surface area (Å²) in [4.78, 5) is 4.15. The molecule has 0 spiro atoms. The van der Waals surface area contributed by atoms with E-state index in [-0.39, 0.29) is 0 Å². The predicted molar refractivity (Wildman–Crippen MR) is 90.8 cm³/mol. The Bertz CT molecular complexity index is 588. The highest BCUT2D eigenvalue weighted by Gasteiger charge is 2.24. The molecule has 2 aromatic rings. The molecule has 2 unspecified atom stereocenters. The van der Waals surface area contributed by atoms with E-state index in [2.05, 4.69) is 54.5 Å². The van der Waals surface area contributed by atoms with Crippen molar-refractivity contribution in [1.82, 2.24) is 4.90 Å². The molecule has 21 heavy (non-hydrogen) atoms. The summed E-state index contributed by atoms with van der Waals surface area (Å²) in [5, 5.41) is 2.23. The SMILES string of the molecule is CC(CN)c1ccc(CN2CCc3sccc3C2C)cc1. The molecule has 2 atom stereocenters. The van der Waals surface area contributed by atoms with Crippen LogP contribution in [0.1, 0.15) is 47.4 Å². The van der Waals surface area contributed by atoms with E-state index in [4.69, 9.17) is 5.73 Å². The molecule has 0 saturated carbocycles. The quantitative estimate of drug-likeness (QED) is 0.927. The topological polar surface area (TPSA) is 29.3 Å². The average Bonchev–Trinajstić information content (AvgIpc) is 2.99. The van der Waals surface area contributed by atoms with Crippen LogP contribution in [-0.4, -0.2) is 18.0 Å². The minimum Gasteiger partial charge on any atom is -0.330 e. The van der Waals surface area contributed by atoms with Gasteiger partial charge in [-0.2, -0.15) is 0 Å². The van der Waals surface area contributed by atoms with Crippen LogP contribution in [0.25, 0.3) is 0 Å². The molecule has 1 aromatic heterocycles. The van der Waals surface area contributed by atoms with Gasteiger partial charge in [0.25, 0.3) is 0 Å². The highest BCUT2D eigenvalue weighted by Crippen LogP contribution is 2.33. The first kappa shape index (κ1) is 14.8. The van der Waals surface area contributed by atoms with E-state index in [1.807, 2.05) is 11.3 Å². The number of hydrogen-bond donors (Lipinski definition) is 1. The summed E-state index contributed by atoms with van der Waals surface area (Å²) < 4.78 is 0. The third-order valence-electron chi connectivity index (χ3n) is 4.69. The monoisotopic (exact) mass is 300 g/mol. The van der Waals surface area contributed by atoms with E-state index in [0.717, 1.165) is 13.1 Å². The molecule has 2 N–H and O–H groups in total. The maximum absolute atomic E-state index is 5.74. The highest BCUT2D eigenvalue weighted by molar-refractivity contribution is 7.10. The van der Waals surface area contributed by atoms with Crippen molar-refractivity contribution in [3.8, 4) is 0 Å². The van der Waals surface area contributed by atoms with Crippen LogP contribution in [0.3, 0.4) is 0 Å². The summed E-state index contributed by atoms with van der Waals surface area (Å²) in [7, 11) is 0. The van der Waals surface area contributed by atoms with Crippen LogP contribution in [0.5, 0.6) is 0 Å². The van der Waals surface area contributed by atoms with Crippen molar-refractivity contribution in [2.45, 2.75) is 38.8 Å². The van der Waals surface area contributed by atoms with Crippen LogP contribution in [0, 0.1) is 0 Å². The number of thiophene rings is 1. The van der Waals surface area contributed by atoms with Crippen molar-refractivity contribution in [3.63, 3.8) is 0 Å². The summed E-state index contributed by atoms with van der Waals surface area (Å²) in [6.45, 7) is 7.42. The Kier molecular flexibility index (Phi) is 4.43. The van der Waals surface area contributed by atoms with Crippen LogP contribution in [0.15, 0.2) is 35.7 Å². The third-order valence-corrected chi connectivity index (χ3v) is 5.69. The lowest BCUT2D eigenvalue weighted by Gasteiger charge is -2.33. The fourth-order valence-corrected chi connectivity index (χ4v) is 4.06. The summed E-state index contributed by atoms with van der Waals surface area (Å²) in [6.07, 6.45) is 1.19. The van der Waals surface area contributed by atoms with E-state index in [1.54, 1.807) is 4.88 Å². The molecular formula is C18H24N2S. The van der Waals surface area contributed by atoms with Crippen molar-refractivity contribution >= 4 is 11.3 Å². The van der Waals surface area contributed by atoms with Gasteiger partial charge >= 0.3 is 0 Å². The molecule has 0 fully saturated rings. The standard InChI is InChI=1S/C18H24N2S/c1-13(11-19)16-5-3-15(4-6-16)12-20-9-7-18-17(14(20)2)8-10-21-18/h3-6,8,10,13-14H,7,9,11-12,19H2,1-2H3. The fraction of sp³-hybridized carbons (Fsp3) is 0.444. The number of benzene rings is 1. The zero-order valence-corrected chi connectivity index (χ0v) is 13.7. The molecule has 0 bridgehead atoms. The lowest BCUT2D eigenvalue weighted by molar-refractivity contribution is 0.191. The minimum atomic E-state index is 0.446. The van der Waals surface area contributed by atoms with Gasteiger partial charge in [0, 0.05) is 24.0 Å². The molecule has 1 aliphatic rings. The summed E-state index contributed by atoms with van der Waals surface area (Å²) in [6, 6.07) is 11.8. The number of hydrogen-bond acceptors (Lipinski definition) is 3. The lowest BCUT2D eigenvalue weighted by atomic mass is 9.98. The molecule has 3 heteroatoms. The number of rotatable bonds is 4. The Morgan fingerprint density at radius 2 is 2.05 bits per heavy atom. The van der Waals surface area contributed by atoms with Gasteiger partial charge in [0.1, 0.15) is 0 Å². The van der Waals surface area contributed by atoms with Crippen LogP contribution in [0.4, 0.5) is 0 Å². The molecule has 1 aromatic carbocycles. The second-order valence-corrected chi connectivity index (χ2v) is 7.07. The maximum Gasteiger partial charge on any atom is 0.0334 e. The van der Waals surface area contributed by atoms with Crippen LogP contribution in [-0.2, 0) is 13.0 Å². The van der Waals surface area contributed by atoms with Gasteiger partial charge in [0.15, 0.2) is 0 Å². The smallest absolute Gasteiger partial charge is 0.0334 e. The van der Waals surface area contributed by atoms with Crippen molar-refractivity contribution in [1.29, 1.82) is 0 Å². The van der Waals surface area contributed by atoms with Crippen molar-refractivity contribution in [2.75, 3.05) is 13.1 Å². The second-order valence-electron chi connectivity index (χ2n) is 6.07. The van der Waals surface area contributed by atoms with Crippen LogP contribution in [0.2, 0.25) is 0 Å². The van der Waals surface area contributed by atoms with Gasteiger partial charge < -0.3 is 5.73 Å². The third kappa shape index (κ3) is 3.05. The van der Waals surface area contributed by atoms with Gasteiger partial charge in [-0.05, 0) is 53.9 Å². The lowest BCUT2D eigenvalue weighted by Crippen LogP contribution is -2.32. The molecule has 0 amide bonds. The second kappa shape index (κ2) is 6.30. The molecule has 0 radical (unpaired) electrons. The van der Waals surface area contributed by atoms with Gasteiger partial charge in [-0.3, -0.25) is 4.90 Å². The predicted octanol–water partition coefficient (Wildman–Crippen LogP) is 3.93. The Balaban J connectivity index is 1.70. The Morgan fingerprint density at radius 3 is 2.76 bits per heavy atom. The molecule has 1 aliphatic heterocycles. The first-order valence-electron chi connectivity index (χ1n) is 7.78. The van der Waals surface area contributed by atoms with Crippen molar-refractivity contribution < 1.29 is 0 Å². The van der Waals surface area contributed by atoms with Gasteiger partial charge in [-0.25, -0.2) is 0 Å². The molecule has 0 aliphatic carbocycles. The molecule has 3 rings (SSSR count). The summed E-state index contributed by atoms with van der Waals surface area (Å²) >= 11 is 1.91. The Hall–Kier alpha value is -1.16. The normalized spacial score (nSPS) is 20.2. The van der Waals surface area contributed by atoms with Crippen LogP contribution >= 0.6 is 11.3 Å². The maximum atomic E-state index is 5.74. The van der Waals surface area contributed by atoms with Crippen LogP contribution < -0.4 is 5.73 Å². The van der Waals surface area contributed by atoms with E-state index in [1.165, 1.54) is 23.1 Å². The fourth-order valence-electron chi connectivity index (χ4n) is 3.10. The van der Waals surface area contributed by atoms with Gasteiger partial charge in [0.2, 0.25) is 0 Å². The van der Waals surface area contributed by atoms with E-state index < -0.39 is 0 Å². The van der Waals surface area contributed by atoms with Gasteiger partial charge in [0.05, 0.1) is 0 Å². The first-order chi connectivity index (χ1) is 10.2. The molecule has 2 heterocycles. The number of fused-ring (bicyclic) bond motifs is 1. The summed E-state index contributed by atoms with van der Waals surface area (Å²) in [5.41, 5.74) is 10.0. The van der Waals surface area contributed by atoms with E-state index >= 15 is 0 Å². The Morgan fingerprint density at radius 1 is 1.29 bits per heavy atom. The van der Waals surface area contributed by atoms with Crippen molar-refractivity contribution in [3.05, 3.63) is 57.3 Å². The molecule has 2 nitrogen and oxygen atoms in total. The summed E-state index contributed by atoms with van der Waals surface area (Å²) in [5.74, 6) is 0.446. The van der Waals surface area contributed by atoms with Gasteiger partial charge in [-0.1, -0.05) is 31.2 Å². The number of nitrogens with two attached hydrogens (primary N) is 1. The van der Waals surface area contributed by atoms with Gasteiger partial charge in [-0.15, -0.1) is 11.3 Å². The molecular weight excluding hydrogens is 276 g/mol. The number of nitrogens with zero attached hydrogens (tertiary/aromatic N) is 1. The zero-order valence-electron chi connectivity index (χ0n) is 12.9. The minimum absolute atomic E-state index is 0.446. The average molecular weight is 300 g/mol.